The summed E-state index contributed by atoms with van der Waals surface area (Å²) < 4.78 is 40.1. The first-order chi connectivity index (χ1) is 14.4. The highest BCUT2D eigenvalue weighted by atomic mass is 32.2. The topological polar surface area (TPSA) is 69.7 Å². The molecular formula is C22H22FN3O3S. The van der Waals surface area contributed by atoms with Gasteiger partial charge in [-0.15, -0.1) is 0 Å². The standard InChI is InChI=1S/C22H22FN3O3S/c23-18-7-4-8-19(15-18)30(28,29)26-13-11-25(12-14-26)16-22(27)24-21-10-3-6-17-5-1-2-9-20(17)21/h1-10,15H,11-14,16H2,(H,24,27). The first kappa shape index (κ1) is 20.5. The van der Waals surface area contributed by atoms with Gasteiger partial charge in [-0.25, -0.2) is 12.8 Å². The lowest BCUT2D eigenvalue weighted by molar-refractivity contribution is -0.117. The fraction of sp³-hybridized carbons (Fsp3) is 0.227. The maximum atomic E-state index is 13.4. The minimum Gasteiger partial charge on any atom is -0.324 e. The van der Waals surface area contributed by atoms with Crippen molar-refractivity contribution in [1.82, 2.24) is 9.21 Å². The zero-order valence-electron chi connectivity index (χ0n) is 16.3. The largest absolute Gasteiger partial charge is 0.324 e. The summed E-state index contributed by atoms with van der Waals surface area (Å²) in [6.07, 6.45) is 0. The smallest absolute Gasteiger partial charge is 0.243 e. The Morgan fingerprint density at radius 2 is 1.63 bits per heavy atom. The van der Waals surface area contributed by atoms with Crippen LogP contribution in [0.25, 0.3) is 10.8 Å². The number of piperazine rings is 1. The number of nitrogens with one attached hydrogen (secondary N) is 1. The molecule has 0 spiro atoms. The molecule has 0 aromatic heterocycles. The molecule has 156 valence electrons. The summed E-state index contributed by atoms with van der Waals surface area (Å²) in [4.78, 5) is 14.4. The van der Waals surface area contributed by atoms with E-state index in [9.17, 15) is 17.6 Å². The molecule has 0 radical (unpaired) electrons. The van der Waals surface area contributed by atoms with Crippen molar-refractivity contribution in [3.05, 3.63) is 72.5 Å². The zero-order chi connectivity index (χ0) is 21.1. The van der Waals surface area contributed by atoms with E-state index in [2.05, 4.69) is 5.32 Å². The molecular weight excluding hydrogens is 405 g/mol. The number of amides is 1. The second-order valence-electron chi connectivity index (χ2n) is 7.21. The SMILES string of the molecule is O=C(CN1CCN(S(=O)(=O)c2cccc(F)c2)CC1)Nc1cccc2ccccc12. The van der Waals surface area contributed by atoms with Gasteiger partial charge >= 0.3 is 0 Å². The van der Waals surface area contributed by atoms with E-state index in [-0.39, 0.29) is 30.4 Å². The van der Waals surface area contributed by atoms with Crippen molar-refractivity contribution in [3.63, 3.8) is 0 Å². The number of fused-ring (bicyclic) bond motifs is 1. The molecule has 1 amide bonds. The normalized spacial score (nSPS) is 15.9. The van der Waals surface area contributed by atoms with E-state index in [1.807, 2.05) is 47.4 Å². The number of carbonyl (C=O) groups is 1. The Kier molecular flexibility index (Phi) is 5.80. The summed E-state index contributed by atoms with van der Waals surface area (Å²) in [7, 11) is -3.74. The minimum absolute atomic E-state index is 0.0513. The lowest BCUT2D eigenvalue weighted by atomic mass is 10.1. The first-order valence-corrected chi connectivity index (χ1v) is 11.1. The van der Waals surface area contributed by atoms with Crippen LogP contribution in [0, 0.1) is 5.82 Å². The van der Waals surface area contributed by atoms with Crippen LogP contribution in [0.1, 0.15) is 0 Å². The number of anilines is 1. The number of benzene rings is 3. The molecule has 3 aromatic carbocycles. The molecule has 4 rings (SSSR count). The molecule has 3 aromatic rings. The average molecular weight is 428 g/mol. The highest BCUT2D eigenvalue weighted by molar-refractivity contribution is 7.89. The Morgan fingerprint density at radius 3 is 2.40 bits per heavy atom. The van der Waals surface area contributed by atoms with Gasteiger partial charge in [-0.3, -0.25) is 9.69 Å². The van der Waals surface area contributed by atoms with E-state index in [4.69, 9.17) is 0 Å². The van der Waals surface area contributed by atoms with Gasteiger partial charge in [-0.05, 0) is 29.7 Å². The van der Waals surface area contributed by atoms with Gasteiger partial charge in [0.15, 0.2) is 0 Å². The molecule has 1 aliphatic rings. The Hall–Kier alpha value is -2.81. The third-order valence-corrected chi connectivity index (χ3v) is 7.09. The molecule has 0 atom stereocenters. The van der Waals surface area contributed by atoms with Crippen molar-refractivity contribution in [1.29, 1.82) is 0 Å². The van der Waals surface area contributed by atoms with Crippen molar-refractivity contribution < 1.29 is 17.6 Å². The van der Waals surface area contributed by atoms with Gasteiger partial charge in [-0.1, -0.05) is 42.5 Å². The van der Waals surface area contributed by atoms with Crippen LogP contribution in [0.3, 0.4) is 0 Å². The average Bonchev–Trinajstić information content (AvgIpc) is 2.74. The van der Waals surface area contributed by atoms with Crippen LogP contribution >= 0.6 is 0 Å². The van der Waals surface area contributed by atoms with Crippen LogP contribution in [0.4, 0.5) is 10.1 Å². The van der Waals surface area contributed by atoms with Crippen molar-refractivity contribution in [2.45, 2.75) is 4.90 Å². The molecule has 0 unspecified atom stereocenters. The fourth-order valence-electron chi connectivity index (χ4n) is 3.63. The van der Waals surface area contributed by atoms with Gasteiger partial charge < -0.3 is 5.32 Å². The molecule has 0 saturated carbocycles. The molecule has 1 aliphatic heterocycles. The molecule has 0 bridgehead atoms. The van der Waals surface area contributed by atoms with E-state index in [1.165, 1.54) is 22.5 Å². The van der Waals surface area contributed by atoms with Gasteiger partial charge in [0.1, 0.15) is 5.82 Å². The van der Waals surface area contributed by atoms with E-state index >= 15 is 0 Å². The molecule has 1 fully saturated rings. The maximum absolute atomic E-state index is 13.4. The van der Waals surface area contributed by atoms with E-state index in [1.54, 1.807) is 0 Å². The second kappa shape index (κ2) is 8.51. The Balaban J connectivity index is 1.36. The summed E-state index contributed by atoms with van der Waals surface area (Å²) in [5, 5.41) is 4.97. The van der Waals surface area contributed by atoms with Crippen LogP contribution < -0.4 is 5.32 Å². The summed E-state index contributed by atoms with van der Waals surface area (Å²) >= 11 is 0. The van der Waals surface area contributed by atoms with Crippen LogP contribution in [-0.2, 0) is 14.8 Å². The summed E-state index contributed by atoms with van der Waals surface area (Å²) in [6.45, 7) is 1.53. The second-order valence-corrected chi connectivity index (χ2v) is 9.15. The van der Waals surface area contributed by atoms with Crippen molar-refractivity contribution in [3.8, 4) is 0 Å². The van der Waals surface area contributed by atoms with Crippen LogP contribution in [-0.4, -0.2) is 56.3 Å². The molecule has 1 N–H and O–H groups in total. The molecule has 30 heavy (non-hydrogen) atoms. The van der Waals surface area contributed by atoms with Crippen molar-refractivity contribution in [2.24, 2.45) is 0 Å². The highest BCUT2D eigenvalue weighted by Gasteiger charge is 2.29. The molecule has 1 saturated heterocycles. The first-order valence-electron chi connectivity index (χ1n) is 9.69. The monoisotopic (exact) mass is 427 g/mol. The van der Waals surface area contributed by atoms with Crippen LogP contribution in [0.15, 0.2) is 71.6 Å². The number of hydrogen-bond acceptors (Lipinski definition) is 4. The van der Waals surface area contributed by atoms with E-state index in [0.717, 1.165) is 22.5 Å². The van der Waals surface area contributed by atoms with Crippen molar-refractivity contribution >= 4 is 32.4 Å². The van der Waals surface area contributed by atoms with Gasteiger partial charge in [-0.2, -0.15) is 4.31 Å². The molecule has 6 nitrogen and oxygen atoms in total. The van der Waals surface area contributed by atoms with Gasteiger partial charge in [0.05, 0.1) is 11.4 Å². The molecule has 8 heteroatoms. The predicted molar refractivity (Wildman–Crippen MR) is 114 cm³/mol. The lowest BCUT2D eigenvalue weighted by Crippen LogP contribution is -2.50. The quantitative estimate of drug-likeness (QED) is 0.680. The van der Waals surface area contributed by atoms with Crippen LogP contribution in [0.5, 0.6) is 0 Å². The number of rotatable bonds is 5. The molecule has 0 aliphatic carbocycles. The third kappa shape index (κ3) is 4.35. The molecule has 1 heterocycles. The summed E-state index contributed by atoms with van der Waals surface area (Å²) in [6, 6.07) is 18.6. The highest BCUT2D eigenvalue weighted by Crippen LogP contribution is 2.23. The minimum atomic E-state index is -3.74. The Morgan fingerprint density at radius 1 is 0.933 bits per heavy atom. The summed E-state index contributed by atoms with van der Waals surface area (Å²) in [5.74, 6) is -0.729. The number of carbonyl (C=O) groups excluding carboxylic acids is 1. The third-order valence-electron chi connectivity index (χ3n) is 5.20. The Bertz CT molecular complexity index is 1170. The maximum Gasteiger partial charge on any atom is 0.243 e. The Labute approximate surface area is 175 Å². The van der Waals surface area contributed by atoms with Crippen LogP contribution in [0.2, 0.25) is 0 Å². The zero-order valence-corrected chi connectivity index (χ0v) is 17.1. The number of hydrogen-bond donors (Lipinski definition) is 1. The van der Waals surface area contributed by atoms with Crippen molar-refractivity contribution in [2.75, 3.05) is 38.0 Å². The van der Waals surface area contributed by atoms with E-state index in [0.29, 0.717) is 13.1 Å². The van der Waals surface area contributed by atoms with Gasteiger partial charge in [0.2, 0.25) is 15.9 Å². The number of nitrogens with zero attached hydrogens (tertiary/aromatic N) is 2. The predicted octanol–water partition coefficient (Wildman–Crippen LogP) is 2.92. The van der Waals surface area contributed by atoms with Gasteiger partial charge in [0, 0.05) is 37.3 Å². The fourth-order valence-corrected chi connectivity index (χ4v) is 5.09. The lowest BCUT2D eigenvalue weighted by Gasteiger charge is -2.33. The van der Waals surface area contributed by atoms with E-state index < -0.39 is 15.8 Å². The summed E-state index contributed by atoms with van der Waals surface area (Å²) in [5.41, 5.74) is 0.755. The number of sulfonamides is 1. The van der Waals surface area contributed by atoms with Gasteiger partial charge in [0.25, 0.3) is 0 Å². The number of halogens is 1.